The molecule has 2 aromatic carbocycles. The number of benzene rings is 2. The molecule has 0 bridgehead atoms. The van der Waals surface area contributed by atoms with Crippen LogP contribution in [0.3, 0.4) is 0 Å². The average Bonchev–Trinajstić information content (AvgIpc) is 2.66. The Morgan fingerprint density at radius 1 is 1.24 bits per heavy atom. The van der Waals surface area contributed by atoms with Crippen molar-refractivity contribution in [2.45, 2.75) is 26.3 Å². The smallest absolute Gasteiger partial charge is 0.270 e. The number of nitro benzene ring substituents is 1. The van der Waals surface area contributed by atoms with Crippen molar-refractivity contribution in [1.82, 2.24) is 5.32 Å². The third-order valence-corrected chi connectivity index (χ3v) is 5.04. The van der Waals surface area contributed by atoms with Crippen LogP contribution in [0, 0.1) is 10.1 Å². The Labute approximate surface area is 174 Å². The number of non-ortho nitro benzene ring substituents is 1. The second kappa shape index (κ2) is 7.63. The quantitative estimate of drug-likeness (QED) is 0.460. The van der Waals surface area contributed by atoms with Crippen LogP contribution in [0.25, 0.3) is 5.57 Å². The normalized spacial score (nSPS) is 14.5. The summed E-state index contributed by atoms with van der Waals surface area (Å²) in [5.41, 5.74) is 2.40. The molecule has 1 N–H and O–H groups in total. The van der Waals surface area contributed by atoms with E-state index in [2.05, 4.69) is 11.4 Å². The highest BCUT2D eigenvalue weighted by molar-refractivity contribution is 7.80. The first-order valence-electron chi connectivity index (χ1n) is 8.92. The van der Waals surface area contributed by atoms with Crippen molar-refractivity contribution < 1.29 is 14.5 Å². The van der Waals surface area contributed by atoms with E-state index in [9.17, 15) is 14.9 Å². The maximum Gasteiger partial charge on any atom is 0.270 e. The number of thiocarbonyl (C=S) groups is 1. The molecule has 0 aliphatic carbocycles. The molecule has 0 saturated heterocycles. The number of methoxy groups -OCH3 is 1. The van der Waals surface area contributed by atoms with Gasteiger partial charge in [-0.2, -0.15) is 0 Å². The maximum absolute atomic E-state index is 12.7. The average molecular weight is 411 g/mol. The summed E-state index contributed by atoms with van der Waals surface area (Å²) < 4.78 is 5.36. The fourth-order valence-corrected chi connectivity index (χ4v) is 3.92. The fourth-order valence-electron chi connectivity index (χ4n) is 3.50. The first kappa shape index (κ1) is 20.5. The van der Waals surface area contributed by atoms with Crippen molar-refractivity contribution in [2.75, 3.05) is 12.0 Å². The molecule has 0 spiro atoms. The molecule has 1 amide bonds. The first-order chi connectivity index (χ1) is 13.6. The van der Waals surface area contributed by atoms with Gasteiger partial charge in [-0.25, -0.2) is 0 Å². The Balaban J connectivity index is 1.95. The largest absolute Gasteiger partial charge is 0.497 e. The molecule has 0 saturated carbocycles. The Bertz CT molecular complexity index is 1050. The first-order valence-corrected chi connectivity index (χ1v) is 9.33. The zero-order chi connectivity index (χ0) is 21.3. The van der Waals surface area contributed by atoms with E-state index in [4.69, 9.17) is 17.0 Å². The van der Waals surface area contributed by atoms with Gasteiger partial charge in [0.1, 0.15) is 5.75 Å². The molecular formula is C21H21N3O4S. The minimum Gasteiger partial charge on any atom is -0.497 e. The van der Waals surface area contributed by atoms with Crippen LogP contribution in [-0.2, 0) is 0 Å². The van der Waals surface area contributed by atoms with Crippen LogP contribution in [0.15, 0.2) is 48.5 Å². The number of carbonyl (C=O) groups is 1. The number of hydrogen-bond acceptors (Lipinski definition) is 5. The van der Waals surface area contributed by atoms with Gasteiger partial charge in [0.2, 0.25) is 0 Å². The molecule has 0 unspecified atom stereocenters. The molecular weight excluding hydrogens is 390 g/mol. The number of rotatable bonds is 3. The number of nitro groups is 1. The predicted octanol–water partition coefficient (Wildman–Crippen LogP) is 4.32. The number of nitrogens with one attached hydrogen (secondary N) is 1. The molecule has 0 radical (unpaired) electrons. The molecule has 8 heteroatoms. The molecule has 1 heterocycles. The van der Waals surface area contributed by atoms with E-state index < -0.39 is 16.4 Å². The highest BCUT2D eigenvalue weighted by Gasteiger charge is 2.35. The van der Waals surface area contributed by atoms with Crippen LogP contribution in [0.4, 0.5) is 11.4 Å². The third-order valence-electron chi connectivity index (χ3n) is 4.76. The predicted molar refractivity (Wildman–Crippen MR) is 116 cm³/mol. The van der Waals surface area contributed by atoms with Gasteiger partial charge in [-0.3, -0.25) is 20.2 Å². The second-order valence-electron chi connectivity index (χ2n) is 7.27. The summed E-state index contributed by atoms with van der Waals surface area (Å²) >= 11 is 5.57. The molecule has 0 aromatic heterocycles. The van der Waals surface area contributed by atoms with Crippen molar-refractivity contribution in [3.63, 3.8) is 0 Å². The number of fused-ring (bicyclic) bond motifs is 1. The number of nitrogens with zero attached hydrogens (tertiary/aromatic N) is 2. The highest BCUT2D eigenvalue weighted by Crippen LogP contribution is 2.40. The molecule has 2 aromatic rings. The summed E-state index contributed by atoms with van der Waals surface area (Å²) in [7, 11) is 1.59. The van der Waals surface area contributed by atoms with Gasteiger partial charge in [-0.05, 0) is 56.8 Å². The summed E-state index contributed by atoms with van der Waals surface area (Å²) in [6.07, 6.45) is 2.08. The lowest BCUT2D eigenvalue weighted by Gasteiger charge is -2.43. The van der Waals surface area contributed by atoms with Crippen LogP contribution in [0.2, 0.25) is 0 Å². The number of carbonyl (C=O) groups excluding carboxylic acids is 1. The van der Waals surface area contributed by atoms with Gasteiger partial charge >= 0.3 is 0 Å². The van der Waals surface area contributed by atoms with Gasteiger partial charge < -0.3 is 9.64 Å². The van der Waals surface area contributed by atoms with Gasteiger partial charge in [0.15, 0.2) is 5.11 Å². The lowest BCUT2D eigenvalue weighted by molar-refractivity contribution is -0.384. The Morgan fingerprint density at radius 3 is 2.62 bits per heavy atom. The van der Waals surface area contributed by atoms with Gasteiger partial charge in [0, 0.05) is 29.3 Å². The minimum absolute atomic E-state index is 0.157. The Kier molecular flexibility index (Phi) is 5.39. The summed E-state index contributed by atoms with van der Waals surface area (Å²) in [4.78, 5) is 25.0. The topological polar surface area (TPSA) is 84.7 Å². The molecule has 1 aliphatic rings. The second-order valence-corrected chi connectivity index (χ2v) is 7.65. The standard InChI is InChI=1S/C21H21N3O4S/c1-13-12-21(2,3)23(18-11-16(28-4)8-9-17(13)18)20(29)22-19(25)14-6-5-7-15(10-14)24(26)27/h5-12H,1-4H3,(H,22,25,29). The zero-order valence-corrected chi connectivity index (χ0v) is 17.4. The van der Waals surface area contributed by atoms with E-state index in [1.54, 1.807) is 7.11 Å². The summed E-state index contributed by atoms with van der Waals surface area (Å²) in [6.45, 7) is 6.00. The highest BCUT2D eigenvalue weighted by atomic mass is 32.1. The van der Waals surface area contributed by atoms with Crippen molar-refractivity contribution in [1.29, 1.82) is 0 Å². The van der Waals surface area contributed by atoms with Crippen LogP contribution in [-0.4, -0.2) is 28.6 Å². The lowest BCUT2D eigenvalue weighted by Crippen LogP contribution is -2.54. The lowest BCUT2D eigenvalue weighted by atomic mass is 9.89. The van der Waals surface area contributed by atoms with Gasteiger partial charge in [0.25, 0.3) is 11.6 Å². The number of amides is 1. The van der Waals surface area contributed by atoms with Gasteiger partial charge in [-0.1, -0.05) is 12.1 Å². The van der Waals surface area contributed by atoms with Crippen LogP contribution in [0.5, 0.6) is 5.75 Å². The number of ether oxygens (including phenoxy) is 1. The Morgan fingerprint density at radius 2 is 1.97 bits per heavy atom. The molecule has 29 heavy (non-hydrogen) atoms. The molecule has 3 rings (SSSR count). The van der Waals surface area contributed by atoms with Gasteiger partial charge in [0.05, 0.1) is 23.3 Å². The zero-order valence-electron chi connectivity index (χ0n) is 16.6. The summed E-state index contributed by atoms with van der Waals surface area (Å²) in [5.74, 6) is 0.164. The molecule has 0 fully saturated rings. The van der Waals surface area contributed by atoms with E-state index in [-0.39, 0.29) is 16.4 Å². The summed E-state index contributed by atoms with van der Waals surface area (Å²) in [5, 5.41) is 13.9. The van der Waals surface area contributed by atoms with E-state index in [0.29, 0.717) is 5.75 Å². The number of allylic oxidation sites excluding steroid dienone is 1. The summed E-state index contributed by atoms with van der Waals surface area (Å²) in [6, 6.07) is 11.2. The van der Waals surface area contributed by atoms with Crippen molar-refractivity contribution in [3.05, 3.63) is 69.8 Å². The van der Waals surface area contributed by atoms with Crippen molar-refractivity contribution >= 4 is 40.2 Å². The molecule has 150 valence electrons. The van der Waals surface area contributed by atoms with E-state index in [0.717, 1.165) is 16.8 Å². The number of hydrogen-bond donors (Lipinski definition) is 1. The van der Waals surface area contributed by atoms with Gasteiger partial charge in [-0.15, -0.1) is 0 Å². The van der Waals surface area contributed by atoms with Crippen LogP contribution < -0.4 is 15.0 Å². The van der Waals surface area contributed by atoms with Crippen molar-refractivity contribution in [2.24, 2.45) is 0 Å². The fraction of sp³-hybridized carbons (Fsp3) is 0.238. The monoisotopic (exact) mass is 411 g/mol. The minimum atomic E-state index is -0.543. The molecule has 0 atom stereocenters. The van der Waals surface area contributed by atoms with E-state index in [1.165, 1.54) is 24.3 Å². The van der Waals surface area contributed by atoms with Crippen LogP contribution in [0.1, 0.15) is 36.7 Å². The van der Waals surface area contributed by atoms with E-state index >= 15 is 0 Å². The third kappa shape index (κ3) is 3.97. The van der Waals surface area contributed by atoms with Crippen molar-refractivity contribution in [3.8, 4) is 5.75 Å². The Hall–Kier alpha value is -3.26. The van der Waals surface area contributed by atoms with E-state index in [1.807, 2.05) is 43.9 Å². The van der Waals surface area contributed by atoms with Crippen LogP contribution >= 0.6 is 12.2 Å². The number of anilines is 1. The SMILES string of the molecule is COc1ccc2c(c1)N(C(=S)NC(=O)c1cccc([N+](=O)[O-])c1)C(C)(C)C=C2C. The molecule has 1 aliphatic heterocycles. The molecule has 7 nitrogen and oxygen atoms in total. The maximum atomic E-state index is 12.7.